The van der Waals surface area contributed by atoms with Gasteiger partial charge in [0.15, 0.2) is 0 Å². The number of non-ortho nitro benzene ring substituents is 1. The third kappa shape index (κ3) is 2.72. The van der Waals surface area contributed by atoms with E-state index in [1.165, 1.54) is 18.2 Å². The minimum atomic E-state index is -1.03. The van der Waals surface area contributed by atoms with Gasteiger partial charge in [-0.2, -0.15) is 0 Å². The Bertz CT molecular complexity index is 352. The summed E-state index contributed by atoms with van der Waals surface area (Å²) >= 11 is 4.91. The summed E-state index contributed by atoms with van der Waals surface area (Å²) in [5.41, 5.74) is -1.18. The molecule has 0 aliphatic heterocycles. The number of halogens is 1. The molecule has 1 aromatic carbocycles. The highest BCUT2D eigenvalue weighted by atomic mass is 35.5. The van der Waals surface area contributed by atoms with Crippen molar-refractivity contribution in [2.75, 3.05) is 0 Å². The Morgan fingerprint density at radius 1 is 1.54 bits per heavy atom. The molecule has 0 atom stereocenters. The standard InChI is InChI=1S/C7H4ClNO4/c8-7(10)13-6-3-1-2-5(4-6)9(11)12/h1-4H. The van der Waals surface area contributed by atoms with Crippen molar-refractivity contribution in [2.24, 2.45) is 0 Å². The molecule has 0 saturated carbocycles. The minimum Gasteiger partial charge on any atom is -0.414 e. The Kier molecular flexibility index (Phi) is 2.81. The van der Waals surface area contributed by atoms with Crippen molar-refractivity contribution in [1.82, 2.24) is 0 Å². The molecule has 0 aliphatic rings. The molecule has 0 heterocycles. The van der Waals surface area contributed by atoms with Gasteiger partial charge in [-0.15, -0.1) is 0 Å². The molecule has 1 rings (SSSR count). The lowest BCUT2D eigenvalue weighted by molar-refractivity contribution is -0.384. The van der Waals surface area contributed by atoms with Gasteiger partial charge >= 0.3 is 5.43 Å². The zero-order valence-electron chi connectivity index (χ0n) is 6.27. The predicted molar refractivity (Wildman–Crippen MR) is 45.0 cm³/mol. The van der Waals surface area contributed by atoms with E-state index in [4.69, 9.17) is 11.6 Å². The van der Waals surface area contributed by atoms with Crippen LogP contribution in [0.1, 0.15) is 0 Å². The SMILES string of the molecule is O=C(Cl)Oc1cccc([N+](=O)[O-])c1. The summed E-state index contributed by atoms with van der Waals surface area (Å²) in [6.45, 7) is 0. The van der Waals surface area contributed by atoms with Gasteiger partial charge in [0.2, 0.25) is 0 Å². The second-order valence-electron chi connectivity index (χ2n) is 2.09. The molecule has 0 aromatic heterocycles. The Balaban J connectivity index is 2.91. The van der Waals surface area contributed by atoms with Crippen molar-refractivity contribution in [3.8, 4) is 5.75 Å². The molecule has 0 unspecified atom stereocenters. The van der Waals surface area contributed by atoms with Gasteiger partial charge in [0.05, 0.1) is 11.0 Å². The van der Waals surface area contributed by atoms with Gasteiger partial charge in [-0.25, -0.2) is 4.79 Å². The first-order chi connectivity index (χ1) is 6.09. The molecule has 13 heavy (non-hydrogen) atoms. The third-order valence-corrected chi connectivity index (χ3v) is 1.30. The van der Waals surface area contributed by atoms with Crippen molar-refractivity contribution >= 4 is 22.7 Å². The van der Waals surface area contributed by atoms with Crippen LogP contribution in [0, 0.1) is 10.1 Å². The molecule has 0 amide bonds. The van der Waals surface area contributed by atoms with Crippen molar-refractivity contribution < 1.29 is 14.5 Å². The van der Waals surface area contributed by atoms with Crippen LogP contribution in [0.5, 0.6) is 5.75 Å². The molecule has 6 heteroatoms. The average Bonchev–Trinajstić information content (AvgIpc) is 2.03. The fraction of sp³-hybridized carbons (Fsp3) is 0. The van der Waals surface area contributed by atoms with Crippen LogP contribution in [0.25, 0.3) is 0 Å². The van der Waals surface area contributed by atoms with Crippen molar-refractivity contribution in [1.29, 1.82) is 0 Å². The fourth-order valence-corrected chi connectivity index (χ4v) is 0.842. The van der Waals surface area contributed by atoms with Crippen molar-refractivity contribution in [3.63, 3.8) is 0 Å². The van der Waals surface area contributed by atoms with Crippen LogP contribution in [-0.2, 0) is 0 Å². The molecule has 0 aliphatic carbocycles. The fourth-order valence-electron chi connectivity index (χ4n) is 0.753. The monoisotopic (exact) mass is 201 g/mol. The smallest absolute Gasteiger partial charge is 0.409 e. The van der Waals surface area contributed by atoms with Gasteiger partial charge in [-0.1, -0.05) is 6.07 Å². The van der Waals surface area contributed by atoms with Gasteiger partial charge < -0.3 is 4.74 Å². The topological polar surface area (TPSA) is 69.4 Å². The first-order valence-electron chi connectivity index (χ1n) is 3.21. The lowest BCUT2D eigenvalue weighted by atomic mass is 10.3. The zero-order valence-corrected chi connectivity index (χ0v) is 7.02. The number of rotatable bonds is 2. The minimum absolute atomic E-state index is 0.0502. The van der Waals surface area contributed by atoms with E-state index in [0.29, 0.717) is 0 Å². The third-order valence-electron chi connectivity index (χ3n) is 1.23. The maximum Gasteiger partial charge on any atom is 0.409 e. The normalized spacial score (nSPS) is 9.31. The Morgan fingerprint density at radius 2 is 2.23 bits per heavy atom. The predicted octanol–water partition coefficient (Wildman–Crippen LogP) is 2.33. The molecule has 68 valence electrons. The maximum atomic E-state index is 10.3. The molecule has 0 saturated heterocycles. The quantitative estimate of drug-likeness (QED) is 0.418. The molecule has 0 fully saturated rings. The summed E-state index contributed by atoms with van der Waals surface area (Å²) in [4.78, 5) is 19.9. The van der Waals surface area contributed by atoms with Crippen LogP contribution in [0.4, 0.5) is 10.5 Å². The van der Waals surface area contributed by atoms with E-state index >= 15 is 0 Å². The zero-order chi connectivity index (χ0) is 9.84. The summed E-state index contributed by atoms with van der Waals surface area (Å²) in [6.07, 6.45) is 0. The van der Waals surface area contributed by atoms with E-state index < -0.39 is 10.4 Å². The molecule has 0 spiro atoms. The van der Waals surface area contributed by atoms with Crippen LogP contribution in [-0.4, -0.2) is 10.4 Å². The van der Waals surface area contributed by atoms with Gasteiger partial charge in [0.1, 0.15) is 5.75 Å². The summed E-state index contributed by atoms with van der Waals surface area (Å²) in [6, 6.07) is 5.19. The molecule has 0 radical (unpaired) electrons. The number of hydrogen-bond acceptors (Lipinski definition) is 4. The number of benzene rings is 1. The molecular formula is C7H4ClNO4. The molecule has 1 aromatic rings. The van der Waals surface area contributed by atoms with Crippen LogP contribution in [0.2, 0.25) is 0 Å². The summed E-state index contributed by atoms with van der Waals surface area (Å²) in [5, 5.41) is 10.3. The average molecular weight is 202 g/mol. The number of nitro groups is 1. The summed E-state index contributed by atoms with van der Waals surface area (Å²) < 4.78 is 4.43. The number of carbonyl (C=O) groups excluding carboxylic acids is 1. The van der Waals surface area contributed by atoms with E-state index in [9.17, 15) is 14.9 Å². The highest BCUT2D eigenvalue weighted by Crippen LogP contribution is 2.19. The largest absolute Gasteiger partial charge is 0.414 e. The van der Waals surface area contributed by atoms with Gasteiger partial charge in [0.25, 0.3) is 5.69 Å². The Morgan fingerprint density at radius 3 is 2.77 bits per heavy atom. The lowest BCUT2D eigenvalue weighted by Crippen LogP contribution is -1.96. The van der Waals surface area contributed by atoms with E-state index in [-0.39, 0.29) is 11.4 Å². The van der Waals surface area contributed by atoms with Crippen molar-refractivity contribution in [3.05, 3.63) is 34.4 Å². The van der Waals surface area contributed by atoms with Gasteiger partial charge in [-0.05, 0) is 6.07 Å². The van der Waals surface area contributed by atoms with Crippen LogP contribution in [0.15, 0.2) is 24.3 Å². The van der Waals surface area contributed by atoms with Crippen LogP contribution >= 0.6 is 11.6 Å². The number of nitrogens with zero attached hydrogens (tertiary/aromatic N) is 1. The van der Waals surface area contributed by atoms with Crippen LogP contribution < -0.4 is 4.74 Å². The van der Waals surface area contributed by atoms with E-state index in [0.717, 1.165) is 6.07 Å². The highest BCUT2D eigenvalue weighted by Gasteiger charge is 2.07. The molecular weight excluding hydrogens is 198 g/mol. The first-order valence-corrected chi connectivity index (χ1v) is 3.59. The number of ether oxygens (including phenoxy) is 1. The highest BCUT2D eigenvalue weighted by molar-refractivity contribution is 6.61. The van der Waals surface area contributed by atoms with Gasteiger partial charge in [0, 0.05) is 17.7 Å². The maximum absolute atomic E-state index is 10.3. The number of nitro benzene ring substituents is 1. The lowest BCUT2D eigenvalue weighted by Gasteiger charge is -1.97. The summed E-state index contributed by atoms with van der Waals surface area (Å²) in [7, 11) is 0. The number of carbonyl (C=O) groups is 1. The van der Waals surface area contributed by atoms with E-state index in [1.807, 2.05) is 0 Å². The second-order valence-corrected chi connectivity index (χ2v) is 2.40. The second kappa shape index (κ2) is 3.86. The van der Waals surface area contributed by atoms with Crippen molar-refractivity contribution in [2.45, 2.75) is 0 Å². The Labute approximate surface area is 78.0 Å². The molecule has 0 bridgehead atoms. The Hall–Kier alpha value is -1.62. The van der Waals surface area contributed by atoms with Crippen LogP contribution in [0.3, 0.4) is 0 Å². The first kappa shape index (κ1) is 9.47. The summed E-state index contributed by atoms with van der Waals surface area (Å²) in [5.74, 6) is 0.0502. The molecule has 5 nitrogen and oxygen atoms in total. The molecule has 0 N–H and O–H groups in total. The van der Waals surface area contributed by atoms with E-state index in [1.54, 1.807) is 0 Å². The number of hydrogen-bond donors (Lipinski definition) is 0. The van der Waals surface area contributed by atoms with Gasteiger partial charge in [-0.3, -0.25) is 10.1 Å². The van der Waals surface area contributed by atoms with E-state index in [2.05, 4.69) is 4.74 Å².